The van der Waals surface area contributed by atoms with Crippen LogP contribution in [0.3, 0.4) is 0 Å². The van der Waals surface area contributed by atoms with Crippen LogP contribution in [0.2, 0.25) is 0 Å². The molecule has 0 amide bonds. The van der Waals surface area contributed by atoms with Crippen molar-refractivity contribution in [1.29, 1.82) is 0 Å². The number of nitrogens with zero attached hydrogens (tertiary/aromatic N) is 1. The second-order valence-electron chi connectivity index (χ2n) is 4.82. The average molecular weight is 425 g/mol. The summed E-state index contributed by atoms with van der Waals surface area (Å²) in [6.07, 6.45) is 1.73. The van der Waals surface area contributed by atoms with Gasteiger partial charge < -0.3 is 4.74 Å². The first-order valence-corrected chi connectivity index (χ1v) is 10.0. The molecule has 8 heteroatoms. The molecular weight excluding hydrogens is 412 g/mol. The van der Waals surface area contributed by atoms with Crippen molar-refractivity contribution in [2.24, 2.45) is 0 Å². The summed E-state index contributed by atoms with van der Waals surface area (Å²) in [6, 6.07) is 11.7. The van der Waals surface area contributed by atoms with Crippen molar-refractivity contribution in [2.45, 2.75) is 4.90 Å². The van der Waals surface area contributed by atoms with Crippen molar-refractivity contribution >= 4 is 43.0 Å². The molecule has 3 aromatic rings. The van der Waals surface area contributed by atoms with Gasteiger partial charge in [-0.15, -0.1) is 11.3 Å². The van der Waals surface area contributed by atoms with Gasteiger partial charge in [0.25, 0.3) is 10.0 Å². The van der Waals surface area contributed by atoms with Crippen LogP contribution in [-0.2, 0) is 10.0 Å². The van der Waals surface area contributed by atoms with Crippen LogP contribution in [0.1, 0.15) is 0 Å². The van der Waals surface area contributed by atoms with E-state index in [2.05, 4.69) is 25.6 Å². The second-order valence-corrected chi connectivity index (χ2v) is 8.25. The average Bonchev–Trinajstić information content (AvgIpc) is 3.09. The fourth-order valence-electron chi connectivity index (χ4n) is 2.08. The van der Waals surface area contributed by atoms with Crippen molar-refractivity contribution in [3.63, 3.8) is 0 Å². The van der Waals surface area contributed by atoms with Crippen molar-refractivity contribution in [2.75, 3.05) is 11.8 Å². The number of anilines is 1. The maximum atomic E-state index is 12.5. The van der Waals surface area contributed by atoms with E-state index in [0.29, 0.717) is 15.9 Å². The molecule has 124 valence electrons. The van der Waals surface area contributed by atoms with Gasteiger partial charge in [0.05, 0.1) is 16.5 Å². The van der Waals surface area contributed by atoms with Crippen LogP contribution >= 0.6 is 27.3 Å². The first-order chi connectivity index (χ1) is 11.5. The lowest BCUT2D eigenvalue weighted by Gasteiger charge is -2.10. The standard InChI is InChI=1S/C16H13BrN2O3S2/c1-22-15-7-6-13(10-14(15)17)24(20,21)19-12-4-2-11(3-5-12)16-18-8-9-23-16/h2-10,19H,1H3. The summed E-state index contributed by atoms with van der Waals surface area (Å²) in [7, 11) is -2.15. The number of hydrogen-bond acceptors (Lipinski definition) is 5. The third kappa shape index (κ3) is 3.61. The number of thiazole rings is 1. The zero-order chi connectivity index (χ0) is 17.2. The number of methoxy groups -OCH3 is 1. The maximum absolute atomic E-state index is 12.5. The molecule has 0 spiro atoms. The van der Waals surface area contributed by atoms with Gasteiger partial charge in [0.2, 0.25) is 0 Å². The van der Waals surface area contributed by atoms with Crippen LogP contribution in [-0.4, -0.2) is 20.5 Å². The molecule has 0 aliphatic carbocycles. The van der Waals surface area contributed by atoms with Gasteiger partial charge in [0.1, 0.15) is 10.8 Å². The summed E-state index contributed by atoms with van der Waals surface area (Å²) >= 11 is 4.82. The molecule has 0 aliphatic heterocycles. The zero-order valence-corrected chi connectivity index (χ0v) is 15.8. The van der Waals surface area contributed by atoms with Crippen molar-refractivity contribution < 1.29 is 13.2 Å². The minimum atomic E-state index is -3.68. The Kier molecular flexibility index (Phi) is 4.88. The quantitative estimate of drug-likeness (QED) is 0.659. The number of rotatable bonds is 5. The Hall–Kier alpha value is -1.90. The van der Waals surface area contributed by atoms with Gasteiger partial charge in [-0.2, -0.15) is 0 Å². The highest BCUT2D eigenvalue weighted by Gasteiger charge is 2.16. The normalized spacial score (nSPS) is 11.2. The van der Waals surface area contributed by atoms with E-state index in [1.807, 2.05) is 17.5 Å². The topological polar surface area (TPSA) is 68.3 Å². The largest absolute Gasteiger partial charge is 0.496 e. The van der Waals surface area contributed by atoms with E-state index < -0.39 is 10.0 Å². The minimum Gasteiger partial charge on any atom is -0.496 e. The Labute approximate surface area is 152 Å². The number of hydrogen-bond donors (Lipinski definition) is 1. The molecule has 1 aromatic heterocycles. The fraction of sp³-hybridized carbons (Fsp3) is 0.0625. The molecule has 0 saturated carbocycles. The van der Waals surface area contributed by atoms with E-state index in [1.165, 1.54) is 30.6 Å². The second kappa shape index (κ2) is 6.92. The molecule has 0 atom stereocenters. The van der Waals surface area contributed by atoms with Crippen molar-refractivity contribution in [3.8, 4) is 16.3 Å². The zero-order valence-electron chi connectivity index (χ0n) is 12.6. The summed E-state index contributed by atoms with van der Waals surface area (Å²) in [5.41, 5.74) is 1.43. The van der Waals surface area contributed by atoms with E-state index in [1.54, 1.807) is 24.4 Å². The smallest absolute Gasteiger partial charge is 0.261 e. The van der Waals surface area contributed by atoms with E-state index >= 15 is 0 Å². The van der Waals surface area contributed by atoms with Gasteiger partial charge in [0, 0.05) is 22.8 Å². The summed E-state index contributed by atoms with van der Waals surface area (Å²) in [4.78, 5) is 4.38. The number of halogens is 1. The third-order valence-corrected chi connectivity index (χ3v) is 6.07. The van der Waals surface area contributed by atoms with Crippen molar-refractivity contribution in [1.82, 2.24) is 4.98 Å². The highest BCUT2D eigenvalue weighted by atomic mass is 79.9. The molecule has 1 N–H and O–H groups in total. The number of sulfonamides is 1. The number of nitrogens with one attached hydrogen (secondary N) is 1. The molecule has 0 saturated heterocycles. The molecule has 0 radical (unpaired) electrons. The Morgan fingerprint density at radius 3 is 2.50 bits per heavy atom. The van der Waals surface area contributed by atoms with Crippen LogP contribution in [0, 0.1) is 0 Å². The van der Waals surface area contributed by atoms with Gasteiger partial charge >= 0.3 is 0 Å². The van der Waals surface area contributed by atoms with Crippen LogP contribution in [0.25, 0.3) is 10.6 Å². The highest BCUT2D eigenvalue weighted by Crippen LogP contribution is 2.29. The molecular formula is C16H13BrN2O3S2. The molecule has 0 aliphatic rings. The van der Waals surface area contributed by atoms with Crippen LogP contribution in [0.15, 0.2) is 63.4 Å². The lowest BCUT2D eigenvalue weighted by atomic mass is 10.2. The molecule has 5 nitrogen and oxygen atoms in total. The molecule has 0 fully saturated rings. The highest BCUT2D eigenvalue weighted by molar-refractivity contribution is 9.10. The first-order valence-electron chi connectivity index (χ1n) is 6.86. The van der Waals surface area contributed by atoms with Gasteiger partial charge in [-0.3, -0.25) is 4.72 Å². The number of ether oxygens (including phenoxy) is 1. The summed E-state index contributed by atoms with van der Waals surface area (Å²) in [5.74, 6) is 0.571. The van der Waals surface area contributed by atoms with Crippen LogP contribution in [0.5, 0.6) is 5.75 Å². The third-order valence-electron chi connectivity index (χ3n) is 3.25. The summed E-state index contributed by atoms with van der Waals surface area (Å²) < 4.78 is 33.2. The van der Waals surface area contributed by atoms with E-state index in [4.69, 9.17) is 4.74 Å². The number of aromatic nitrogens is 1. The van der Waals surface area contributed by atoms with Gasteiger partial charge in [-0.25, -0.2) is 13.4 Å². The molecule has 1 heterocycles. The lowest BCUT2D eigenvalue weighted by molar-refractivity contribution is 0.411. The first kappa shape index (κ1) is 16.9. The fourth-order valence-corrected chi connectivity index (χ4v) is 4.50. The Bertz CT molecular complexity index is 940. The minimum absolute atomic E-state index is 0.152. The predicted molar refractivity (Wildman–Crippen MR) is 99.1 cm³/mol. The molecule has 3 rings (SSSR count). The maximum Gasteiger partial charge on any atom is 0.261 e. The van der Waals surface area contributed by atoms with Gasteiger partial charge in [-0.05, 0) is 58.4 Å². The summed E-state index contributed by atoms with van der Waals surface area (Å²) in [6.45, 7) is 0. The number of benzene rings is 2. The Morgan fingerprint density at radius 2 is 1.92 bits per heavy atom. The van der Waals surface area contributed by atoms with E-state index in [9.17, 15) is 8.42 Å². The monoisotopic (exact) mass is 424 g/mol. The SMILES string of the molecule is COc1ccc(S(=O)(=O)Nc2ccc(-c3nccs3)cc2)cc1Br. The Balaban J connectivity index is 1.83. The molecule has 0 bridgehead atoms. The van der Waals surface area contributed by atoms with Crippen LogP contribution in [0.4, 0.5) is 5.69 Å². The molecule has 24 heavy (non-hydrogen) atoms. The Morgan fingerprint density at radius 1 is 1.17 bits per heavy atom. The predicted octanol–water partition coefficient (Wildman–Crippen LogP) is 4.38. The van der Waals surface area contributed by atoms with Gasteiger partial charge in [0.15, 0.2) is 0 Å². The van der Waals surface area contributed by atoms with E-state index in [-0.39, 0.29) is 4.90 Å². The van der Waals surface area contributed by atoms with Crippen molar-refractivity contribution in [3.05, 3.63) is 58.5 Å². The van der Waals surface area contributed by atoms with Crippen LogP contribution < -0.4 is 9.46 Å². The van der Waals surface area contributed by atoms with Gasteiger partial charge in [-0.1, -0.05) is 0 Å². The van der Waals surface area contributed by atoms with E-state index in [0.717, 1.165) is 10.6 Å². The molecule has 2 aromatic carbocycles. The molecule has 0 unspecified atom stereocenters. The lowest BCUT2D eigenvalue weighted by Crippen LogP contribution is -2.12. The summed E-state index contributed by atoms with van der Waals surface area (Å²) in [5, 5.41) is 2.79.